The van der Waals surface area contributed by atoms with E-state index in [-0.39, 0.29) is 5.91 Å². The Balaban J connectivity index is 2.51. The normalized spacial score (nSPS) is 19.2. The molecule has 0 aromatic rings. The van der Waals surface area contributed by atoms with Crippen LogP contribution in [-0.4, -0.2) is 37.0 Å². The number of hydrogen-bond donors (Lipinski definition) is 2. The molecular weight excluding hydrogens is 250 g/mol. The second-order valence-corrected chi connectivity index (χ2v) is 4.29. The molecule has 2 N–H and O–H groups in total. The highest BCUT2D eigenvalue weighted by Crippen LogP contribution is 2.08. The van der Waals surface area contributed by atoms with Gasteiger partial charge in [-0.15, -0.1) is 0 Å². The summed E-state index contributed by atoms with van der Waals surface area (Å²) in [6.45, 7) is 0. The van der Waals surface area contributed by atoms with Crippen molar-refractivity contribution in [1.29, 1.82) is 5.26 Å². The minimum absolute atomic E-state index is 0.167. The molecule has 1 aliphatic rings. The van der Waals surface area contributed by atoms with E-state index in [1.54, 1.807) is 0 Å². The van der Waals surface area contributed by atoms with Gasteiger partial charge in [0, 0.05) is 12.8 Å². The fourth-order valence-corrected chi connectivity index (χ4v) is 1.86. The topological polar surface area (TPSA) is 108 Å². The summed E-state index contributed by atoms with van der Waals surface area (Å²) >= 11 is 0. The van der Waals surface area contributed by atoms with Gasteiger partial charge in [0.2, 0.25) is 11.8 Å². The lowest BCUT2D eigenvalue weighted by Gasteiger charge is -2.18. The summed E-state index contributed by atoms with van der Waals surface area (Å²) in [5.41, 5.74) is 0. The molecule has 104 valence electrons. The molecule has 2 amide bonds. The van der Waals surface area contributed by atoms with Crippen molar-refractivity contribution in [2.45, 2.75) is 44.2 Å². The molecule has 0 aliphatic carbocycles. The van der Waals surface area contributed by atoms with Crippen LogP contribution in [0, 0.1) is 11.3 Å². The second kappa shape index (κ2) is 7.36. The van der Waals surface area contributed by atoms with Gasteiger partial charge in [0.05, 0.1) is 13.2 Å². The predicted octanol–water partition coefficient (Wildman–Crippen LogP) is -0.383. The number of ether oxygens (including phenoxy) is 1. The lowest BCUT2D eigenvalue weighted by molar-refractivity contribution is -0.145. The minimum atomic E-state index is -0.775. The Morgan fingerprint density at radius 1 is 1.63 bits per heavy atom. The van der Waals surface area contributed by atoms with E-state index in [1.807, 2.05) is 6.07 Å². The molecule has 2 atom stereocenters. The Labute approximate surface area is 111 Å². The largest absolute Gasteiger partial charge is 0.467 e. The molecule has 1 saturated heterocycles. The minimum Gasteiger partial charge on any atom is -0.467 e. The number of nitriles is 1. The Kier molecular flexibility index (Phi) is 5.79. The molecular formula is C12H17N3O4. The van der Waals surface area contributed by atoms with Gasteiger partial charge >= 0.3 is 5.97 Å². The van der Waals surface area contributed by atoms with Gasteiger partial charge < -0.3 is 15.4 Å². The first-order valence-electron chi connectivity index (χ1n) is 6.13. The molecule has 0 spiro atoms. The van der Waals surface area contributed by atoms with Crippen LogP contribution in [0.5, 0.6) is 0 Å². The van der Waals surface area contributed by atoms with E-state index in [0.29, 0.717) is 32.1 Å². The third kappa shape index (κ3) is 4.58. The van der Waals surface area contributed by atoms with E-state index in [4.69, 9.17) is 5.26 Å². The van der Waals surface area contributed by atoms with Gasteiger partial charge in [-0.1, -0.05) is 0 Å². The first-order valence-corrected chi connectivity index (χ1v) is 6.13. The maximum atomic E-state index is 11.9. The molecule has 19 heavy (non-hydrogen) atoms. The molecule has 1 heterocycles. The van der Waals surface area contributed by atoms with Crippen LogP contribution < -0.4 is 10.6 Å². The number of hydrogen-bond acceptors (Lipinski definition) is 5. The Morgan fingerprint density at radius 2 is 2.37 bits per heavy atom. The number of amides is 2. The summed E-state index contributed by atoms with van der Waals surface area (Å²) < 4.78 is 4.60. The number of carbonyl (C=O) groups excluding carboxylic acids is 3. The third-order valence-corrected chi connectivity index (χ3v) is 2.90. The van der Waals surface area contributed by atoms with Gasteiger partial charge in [0.15, 0.2) is 0 Å². The predicted molar refractivity (Wildman–Crippen MR) is 64.6 cm³/mol. The van der Waals surface area contributed by atoms with Gasteiger partial charge in [0.25, 0.3) is 0 Å². The van der Waals surface area contributed by atoms with Crippen LogP contribution in [0.3, 0.4) is 0 Å². The number of methoxy groups -OCH3 is 1. The van der Waals surface area contributed by atoms with Crippen LogP contribution in [0.25, 0.3) is 0 Å². The summed E-state index contributed by atoms with van der Waals surface area (Å²) in [6.07, 6.45) is 1.88. The summed E-state index contributed by atoms with van der Waals surface area (Å²) in [5, 5.41) is 13.5. The lowest BCUT2D eigenvalue weighted by Crippen LogP contribution is -2.49. The smallest absolute Gasteiger partial charge is 0.328 e. The Hall–Kier alpha value is -2.10. The maximum Gasteiger partial charge on any atom is 0.328 e. The molecule has 0 radical (unpaired) electrons. The number of carbonyl (C=O) groups is 3. The number of unbranched alkanes of at least 4 members (excludes halogenated alkanes) is 1. The van der Waals surface area contributed by atoms with Crippen LogP contribution in [0.15, 0.2) is 0 Å². The van der Waals surface area contributed by atoms with Gasteiger partial charge in [-0.05, 0) is 19.3 Å². The zero-order valence-electron chi connectivity index (χ0n) is 10.8. The fourth-order valence-electron chi connectivity index (χ4n) is 1.86. The van der Waals surface area contributed by atoms with Crippen LogP contribution in [0.1, 0.15) is 32.1 Å². The van der Waals surface area contributed by atoms with E-state index >= 15 is 0 Å². The van der Waals surface area contributed by atoms with Crippen molar-refractivity contribution in [3.63, 3.8) is 0 Å². The summed E-state index contributed by atoms with van der Waals surface area (Å²) in [4.78, 5) is 34.4. The van der Waals surface area contributed by atoms with Crippen LogP contribution in [-0.2, 0) is 19.1 Å². The monoisotopic (exact) mass is 267 g/mol. The summed E-state index contributed by atoms with van der Waals surface area (Å²) in [6, 6.07) is 0.610. The van der Waals surface area contributed by atoms with Crippen molar-refractivity contribution >= 4 is 17.8 Å². The molecule has 7 heteroatoms. The first-order chi connectivity index (χ1) is 9.08. The lowest BCUT2D eigenvalue weighted by atomic mass is 10.1. The maximum absolute atomic E-state index is 11.9. The van der Waals surface area contributed by atoms with Gasteiger partial charge in [-0.2, -0.15) is 5.26 Å². The first kappa shape index (κ1) is 15.0. The number of nitrogens with zero attached hydrogens (tertiary/aromatic N) is 1. The molecule has 1 aliphatic heterocycles. The highest BCUT2D eigenvalue weighted by molar-refractivity contribution is 5.93. The van der Waals surface area contributed by atoms with Gasteiger partial charge in [-0.3, -0.25) is 9.59 Å². The number of esters is 1. The molecule has 0 unspecified atom stereocenters. The molecule has 7 nitrogen and oxygen atoms in total. The zero-order valence-corrected chi connectivity index (χ0v) is 10.8. The highest BCUT2D eigenvalue weighted by atomic mass is 16.5. The van der Waals surface area contributed by atoms with Crippen molar-refractivity contribution in [2.24, 2.45) is 0 Å². The zero-order chi connectivity index (χ0) is 14.3. The van der Waals surface area contributed by atoms with E-state index in [1.165, 1.54) is 7.11 Å². The van der Waals surface area contributed by atoms with Crippen molar-refractivity contribution in [2.75, 3.05) is 7.11 Å². The average Bonchev–Trinajstić information content (AvgIpc) is 2.83. The molecule has 0 aromatic carbocycles. The third-order valence-electron chi connectivity index (χ3n) is 2.90. The Morgan fingerprint density at radius 3 is 2.89 bits per heavy atom. The molecule has 0 bridgehead atoms. The second-order valence-electron chi connectivity index (χ2n) is 4.29. The van der Waals surface area contributed by atoms with Crippen molar-refractivity contribution in [3.8, 4) is 6.07 Å². The molecule has 0 aromatic heterocycles. The molecule has 1 rings (SSSR count). The van der Waals surface area contributed by atoms with Gasteiger partial charge in [-0.25, -0.2) is 4.79 Å². The SMILES string of the molecule is COC(=O)[C@@H](CCCC#N)NC(=O)[C@@H]1CCC(=O)N1. The van der Waals surface area contributed by atoms with Crippen LogP contribution in [0.2, 0.25) is 0 Å². The number of rotatable bonds is 6. The highest BCUT2D eigenvalue weighted by Gasteiger charge is 2.30. The Bertz CT molecular complexity index is 402. The van der Waals surface area contributed by atoms with Crippen LogP contribution >= 0.6 is 0 Å². The van der Waals surface area contributed by atoms with E-state index in [9.17, 15) is 14.4 Å². The summed E-state index contributed by atoms with van der Waals surface area (Å²) in [5.74, 6) is -1.10. The fraction of sp³-hybridized carbons (Fsp3) is 0.667. The van der Waals surface area contributed by atoms with E-state index < -0.39 is 24.0 Å². The van der Waals surface area contributed by atoms with Gasteiger partial charge in [0.1, 0.15) is 12.1 Å². The quantitative estimate of drug-likeness (QED) is 0.503. The molecule has 1 fully saturated rings. The number of nitrogens with one attached hydrogen (secondary N) is 2. The van der Waals surface area contributed by atoms with Crippen molar-refractivity contribution in [3.05, 3.63) is 0 Å². The van der Waals surface area contributed by atoms with Crippen LogP contribution in [0.4, 0.5) is 0 Å². The average molecular weight is 267 g/mol. The van der Waals surface area contributed by atoms with Crippen molar-refractivity contribution < 1.29 is 19.1 Å². The van der Waals surface area contributed by atoms with Crippen molar-refractivity contribution in [1.82, 2.24) is 10.6 Å². The summed E-state index contributed by atoms with van der Waals surface area (Å²) in [7, 11) is 1.24. The molecule has 0 saturated carbocycles. The van der Waals surface area contributed by atoms with E-state index in [0.717, 1.165) is 0 Å². The van der Waals surface area contributed by atoms with E-state index in [2.05, 4.69) is 15.4 Å². The standard InChI is InChI=1S/C12H17N3O4/c1-19-12(18)9(4-2-3-7-13)15-11(17)8-5-6-10(16)14-8/h8-9H,2-6H2,1H3,(H,14,16)(H,15,17)/t8-,9+/m0/s1.